The molecule has 2 N–H and O–H groups in total. The molecule has 0 saturated heterocycles. The Labute approximate surface area is 116 Å². The molecule has 5 nitrogen and oxygen atoms in total. The molecule has 1 aromatic heterocycles. The van der Waals surface area contributed by atoms with E-state index >= 15 is 0 Å². The molecule has 0 unspecified atom stereocenters. The zero-order valence-corrected chi connectivity index (χ0v) is 11.7. The first-order valence-corrected chi connectivity index (χ1v) is 5.97. The smallest absolute Gasteiger partial charge is 0.408 e. The molecule has 1 heterocycles. The second-order valence-corrected chi connectivity index (χ2v) is 5.02. The van der Waals surface area contributed by atoms with Crippen LogP contribution in [0.2, 0.25) is 5.15 Å². The van der Waals surface area contributed by atoms with E-state index in [0.29, 0.717) is 5.69 Å². The summed E-state index contributed by atoms with van der Waals surface area (Å²) in [5.74, 6) is 5.31. The van der Waals surface area contributed by atoms with Crippen molar-refractivity contribution >= 4 is 17.7 Å². The van der Waals surface area contributed by atoms with Gasteiger partial charge in [0.2, 0.25) is 0 Å². The minimum Gasteiger partial charge on any atom is -0.505 e. The molecule has 102 valence electrons. The molecule has 0 spiro atoms. The van der Waals surface area contributed by atoms with Gasteiger partial charge in [-0.15, -0.1) is 0 Å². The Bertz CT molecular complexity index is 527. The minimum atomic E-state index is -0.538. The van der Waals surface area contributed by atoms with Crippen molar-refractivity contribution in [1.29, 1.82) is 0 Å². The molecule has 1 aromatic rings. The number of nitrogens with zero attached hydrogens (tertiary/aromatic N) is 1. The Kier molecular flexibility index (Phi) is 5.02. The number of nitrogens with one attached hydrogen (secondary N) is 1. The lowest BCUT2D eigenvalue weighted by molar-refractivity contribution is 0.0535. The summed E-state index contributed by atoms with van der Waals surface area (Å²) >= 11 is 5.63. The van der Waals surface area contributed by atoms with Crippen LogP contribution >= 0.6 is 11.6 Å². The van der Waals surface area contributed by atoms with E-state index in [4.69, 9.17) is 16.3 Å². The molecular weight excluding hydrogens is 268 g/mol. The van der Waals surface area contributed by atoms with Crippen LogP contribution in [0.1, 0.15) is 26.5 Å². The van der Waals surface area contributed by atoms with Gasteiger partial charge in [0.05, 0.1) is 6.54 Å². The van der Waals surface area contributed by atoms with E-state index in [9.17, 15) is 9.90 Å². The van der Waals surface area contributed by atoms with Crippen molar-refractivity contribution in [2.75, 3.05) is 6.54 Å². The van der Waals surface area contributed by atoms with E-state index in [2.05, 4.69) is 22.1 Å². The zero-order chi connectivity index (χ0) is 14.5. The van der Waals surface area contributed by atoms with Crippen molar-refractivity contribution in [3.8, 4) is 17.6 Å². The zero-order valence-electron chi connectivity index (χ0n) is 11.0. The highest BCUT2D eigenvalue weighted by molar-refractivity contribution is 6.30. The summed E-state index contributed by atoms with van der Waals surface area (Å²) in [6.07, 6.45) is -0.529. The highest BCUT2D eigenvalue weighted by Crippen LogP contribution is 2.19. The van der Waals surface area contributed by atoms with Crippen molar-refractivity contribution in [3.05, 3.63) is 23.0 Å². The van der Waals surface area contributed by atoms with Crippen LogP contribution in [0.25, 0.3) is 0 Å². The van der Waals surface area contributed by atoms with E-state index in [-0.39, 0.29) is 17.4 Å². The molecule has 6 heteroatoms. The van der Waals surface area contributed by atoms with Gasteiger partial charge in [0.1, 0.15) is 11.3 Å². The first kappa shape index (κ1) is 15.1. The summed E-state index contributed by atoms with van der Waals surface area (Å²) in [6, 6.07) is 2.93. The highest BCUT2D eigenvalue weighted by Gasteiger charge is 2.14. The van der Waals surface area contributed by atoms with E-state index < -0.39 is 11.7 Å². The Hall–Kier alpha value is -1.93. The van der Waals surface area contributed by atoms with Crippen LogP contribution in [0, 0.1) is 11.8 Å². The number of halogens is 1. The molecule has 1 amide bonds. The quantitative estimate of drug-likeness (QED) is 0.612. The van der Waals surface area contributed by atoms with Gasteiger partial charge < -0.3 is 15.2 Å². The van der Waals surface area contributed by atoms with Gasteiger partial charge in [-0.05, 0) is 38.8 Å². The number of hydrogen-bond acceptors (Lipinski definition) is 4. The number of amides is 1. The number of aromatic nitrogens is 1. The highest BCUT2D eigenvalue weighted by atomic mass is 35.5. The van der Waals surface area contributed by atoms with Gasteiger partial charge in [0, 0.05) is 0 Å². The minimum absolute atomic E-state index is 0.00750. The molecule has 0 atom stereocenters. The number of alkyl carbamates (subject to hydrolysis) is 1. The predicted molar refractivity (Wildman–Crippen MR) is 72.0 cm³/mol. The molecule has 0 fully saturated rings. The van der Waals surface area contributed by atoms with Crippen LogP contribution in [0.15, 0.2) is 12.1 Å². The van der Waals surface area contributed by atoms with E-state index in [1.165, 1.54) is 12.1 Å². The molecule has 0 bridgehead atoms. The SMILES string of the molecule is CC(C)(C)OC(=O)NCC#Cc1ccc(O)c(Cl)n1. The molecule has 0 aliphatic carbocycles. The van der Waals surface area contributed by atoms with Gasteiger partial charge in [0.25, 0.3) is 0 Å². The predicted octanol–water partition coefficient (Wildman–Crippen LogP) is 2.32. The number of rotatable bonds is 1. The molecule has 19 heavy (non-hydrogen) atoms. The number of pyridine rings is 1. The van der Waals surface area contributed by atoms with Gasteiger partial charge in [0.15, 0.2) is 10.9 Å². The average Bonchev–Trinajstić information content (AvgIpc) is 2.27. The number of carbonyl (C=O) groups is 1. The lowest BCUT2D eigenvalue weighted by Gasteiger charge is -2.18. The largest absolute Gasteiger partial charge is 0.505 e. The fourth-order valence-corrected chi connectivity index (χ4v) is 1.22. The molecule has 1 rings (SSSR count). The van der Waals surface area contributed by atoms with Crippen molar-refractivity contribution in [1.82, 2.24) is 10.3 Å². The van der Waals surface area contributed by atoms with Gasteiger partial charge in [-0.3, -0.25) is 0 Å². The summed E-state index contributed by atoms with van der Waals surface area (Å²) in [4.78, 5) is 15.1. The fraction of sp³-hybridized carbons (Fsp3) is 0.385. The molecule has 0 aliphatic heterocycles. The lowest BCUT2D eigenvalue weighted by atomic mass is 10.2. The van der Waals surface area contributed by atoms with Crippen LogP contribution < -0.4 is 5.32 Å². The second-order valence-electron chi connectivity index (χ2n) is 4.66. The maximum Gasteiger partial charge on any atom is 0.408 e. The summed E-state index contributed by atoms with van der Waals surface area (Å²) < 4.78 is 5.04. The third-order valence-corrected chi connectivity index (χ3v) is 2.04. The summed E-state index contributed by atoms with van der Waals surface area (Å²) in [6.45, 7) is 5.47. The Balaban J connectivity index is 2.47. The van der Waals surface area contributed by atoms with Crippen LogP contribution in [0.3, 0.4) is 0 Å². The number of hydrogen-bond donors (Lipinski definition) is 2. The molecule has 0 radical (unpaired) electrons. The van der Waals surface area contributed by atoms with Crippen molar-refractivity contribution < 1.29 is 14.6 Å². The standard InChI is InChI=1S/C13H15ClN2O3/c1-13(2,3)19-12(18)15-8-4-5-9-6-7-10(17)11(14)16-9/h6-7,17H,8H2,1-3H3,(H,15,18). The Morgan fingerprint density at radius 2 is 2.21 bits per heavy atom. The van der Waals surface area contributed by atoms with Gasteiger partial charge in [-0.2, -0.15) is 0 Å². The number of ether oxygens (including phenoxy) is 1. The fourth-order valence-electron chi connectivity index (χ4n) is 1.06. The van der Waals surface area contributed by atoms with Crippen molar-refractivity contribution in [3.63, 3.8) is 0 Å². The third-order valence-electron chi connectivity index (χ3n) is 1.77. The molecular formula is C13H15ClN2O3. The average molecular weight is 283 g/mol. The monoisotopic (exact) mass is 282 g/mol. The second kappa shape index (κ2) is 6.30. The van der Waals surface area contributed by atoms with Crippen molar-refractivity contribution in [2.24, 2.45) is 0 Å². The maximum absolute atomic E-state index is 11.3. The first-order valence-electron chi connectivity index (χ1n) is 5.59. The van der Waals surface area contributed by atoms with Gasteiger partial charge >= 0.3 is 6.09 Å². The molecule has 0 aromatic carbocycles. The maximum atomic E-state index is 11.3. The van der Waals surface area contributed by atoms with Gasteiger partial charge in [-0.25, -0.2) is 9.78 Å². The first-order chi connectivity index (χ1) is 8.78. The summed E-state index contributed by atoms with van der Waals surface area (Å²) in [5.41, 5.74) is -0.127. The number of aromatic hydroxyl groups is 1. The summed E-state index contributed by atoms with van der Waals surface area (Å²) in [5, 5.41) is 11.7. The summed E-state index contributed by atoms with van der Waals surface area (Å²) in [7, 11) is 0. The molecule has 0 aliphatic rings. The van der Waals surface area contributed by atoms with E-state index in [1.54, 1.807) is 20.8 Å². The van der Waals surface area contributed by atoms with Crippen LogP contribution in [-0.2, 0) is 4.74 Å². The van der Waals surface area contributed by atoms with Gasteiger partial charge in [-0.1, -0.05) is 17.5 Å². The topological polar surface area (TPSA) is 71.5 Å². The van der Waals surface area contributed by atoms with E-state index in [0.717, 1.165) is 0 Å². The Morgan fingerprint density at radius 3 is 2.79 bits per heavy atom. The third kappa shape index (κ3) is 5.98. The van der Waals surface area contributed by atoms with Crippen LogP contribution in [0.5, 0.6) is 5.75 Å². The Morgan fingerprint density at radius 1 is 1.53 bits per heavy atom. The van der Waals surface area contributed by atoms with Crippen LogP contribution in [0.4, 0.5) is 4.79 Å². The van der Waals surface area contributed by atoms with Crippen molar-refractivity contribution in [2.45, 2.75) is 26.4 Å². The normalized spacial score (nSPS) is 10.3. The number of carbonyl (C=O) groups excluding carboxylic acids is 1. The van der Waals surface area contributed by atoms with E-state index in [1.807, 2.05) is 0 Å². The lowest BCUT2D eigenvalue weighted by Crippen LogP contribution is -2.32. The van der Waals surface area contributed by atoms with Crippen LogP contribution in [-0.4, -0.2) is 28.3 Å². The molecule has 0 saturated carbocycles.